The number of nitrogens with two attached hydrogens (primary N) is 1. The zero-order valence-electron chi connectivity index (χ0n) is 8.55. The SMILES string of the molecule is CC(C)NC(=O)C1CCCCC1N. The second-order valence-corrected chi connectivity index (χ2v) is 4.22. The van der Waals surface area contributed by atoms with Crippen LogP contribution in [-0.2, 0) is 4.79 Å². The zero-order valence-corrected chi connectivity index (χ0v) is 8.55. The molecule has 13 heavy (non-hydrogen) atoms. The van der Waals surface area contributed by atoms with Crippen molar-refractivity contribution in [1.82, 2.24) is 5.32 Å². The molecule has 1 fully saturated rings. The minimum Gasteiger partial charge on any atom is -0.354 e. The highest BCUT2D eigenvalue weighted by atomic mass is 16.2. The first kappa shape index (κ1) is 10.5. The summed E-state index contributed by atoms with van der Waals surface area (Å²) in [6.07, 6.45) is 4.27. The highest BCUT2D eigenvalue weighted by molar-refractivity contribution is 5.79. The van der Waals surface area contributed by atoms with Crippen LogP contribution >= 0.6 is 0 Å². The molecule has 0 saturated heterocycles. The average Bonchev–Trinajstić information content (AvgIpc) is 2.03. The second-order valence-electron chi connectivity index (χ2n) is 4.22. The molecule has 1 rings (SSSR count). The van der Waals surface area contributed by atoms with E-state index in [1.807, 2.05) is 13.8 Å². The van der Waals surface area contributed by atoms with Crippen molar-refractivity contribution in [3.05, 3.63) is 0 Å². The smallest absolute Gasteiger partial charge is 0.224 e. The Bertz CT molecular complexity index is 180. The van der Waals surface area contributed by atoms with Gasteiger partial charge in [-0.05, 0) is 26.7 Å². The Balaban J connectivity index is 2.44. The van der Waals surface area contributed by atoms with E-state index in [9.17, 15) is 4.79 Å². The first-order valence-corrected chi connectivity index (χ1v) is 5.17. The number of hydrogen-bond donors (Lipinski definition) is 2. The van der Waals surface area contributed by atoms with Gasteiger partial charge in [0.15, 0.2) is 0 Å². The molecule has 0 aromatic heterocycles. The molecule has 0 radical (unpaired) electrons. The van der Waals surface area contributed by atoms with Crippen LogP contribution < -0.4 is 11.1 Å². The predicted octanol–water partition coefficient (Wildman–Crippen LogP) is 1.03. The maximum atomic E-state index is 11.6. The van der Waals surface area contributed by atoms with Gasteiger partial charge in [-0.25, -0.2) is 0 Å². The van der Waals surface area contributed by atoms with E-state index < -0.39 is 0 Å². The van der Waals surface area contributed by atoms with Crippen LogP contribution in [0.2, 0.25) is 0 Å². The summed E-state index contributed by atoms with van der Waals surface area (Å²) in [5.74, 6) is 0.193. The Morgan fingerprint density at radius 1 is 1.38 bits per heavy atom. The summed E-state index contributed by atoms with van der Waals surface area (Å²) in [5.41, 5.74) is 5.89. The van der Waals surface area contributed by atoms with Crippen molar-refractivity contribution < 1.29 is 4.79 Å². The van der Waals surface area contributed by atoms with E-state index in [1.54, 1.807) is 0 Å². The van der Waals surface area contributed by atoms with Crippen molar-refractivity contribution in [1.29, 1.82) is 0 Å². The third kappa shape index (κ3) is 2.99. The van der Waals surface area contributed by atoms with Crippen LogP contribution in [0.25, 0.3) is 0 Å². The van der Waals surface area contributed by atoms with Crippen LogP contribution in [0.1, 0.15) is 39.5 Å². The maximum Gasteiger partial charge on any atom is 0.224 e. The molecule has 3 nitrogen and oxygen atoms in total. The van der Waals surface area contributed by atoms with E-state index in [2.05, 4.69) is 5.32 Å². The van der Waals surface area contributed by atoms with Gasteiger partial charge in [-0.1, -0.05) is 12.8 Å². The number of carbonyl (C=O) groups excluding carboxylic acids is 1. The Morgan fingerprint density at radius 2 is 2.00 bits per heavy atom. The van der Waals surface area contributed by atoms with Gasteiger partial charge < -0.3 is 11.1 Å². The summed E-state index contributed by atoms with van der Waals surface area (Å²) in [7, 11) is 0. The van der Waals surface area contributed by atoms with Gasteiger partial charge in [0.1, 0.15) is 0 Å². The van der Waals surface area contributed by atoms with E-state index in [-0.39, 0.29) is 23.9 Å². The highest BCUT2D eigenvalue weighted by Gasteiger charge is 2.28. The average molecular weight is 184 g/mol. The number of rotatable bonds is 2. The Kier molecular flexibility index (Phi) is 3.72. The number of amides is 1. The minimum atomic E-state index is 0.0520. The zero-order chi connectivity index (χ0) is 9.84. The van der Waals surface area contributed by atoms with Gasteiger partial charge >= 0.3 is 0 Å². The molecule has 1 amide bonds. The first-order chi connectivity index (χ1) is 6.11. The molecule has 2 unspecified atom stereocenters. The van der Waals surface area contributed by atoms with Crippen molar-refractivity contribution in [3.63, 3.8) is 0 Å². The van der Waals surface area contributed by atoms with Crippen molar-refractivity contribution in [2.45, 2.75) is 51.6 Å². The summed E-state index contributed by atoms with van der Waals surface area (Å²) in [5, 5.41) is 2.92. The fourth-order valence-corrected chi connectivity index (χ4v) is 1.88. The lowest BCUT2D eigenvalue weighted by Gasteiger charge is -2.28. The molecule has 0 heterocycles. The van der Waals surface area contributed by atoms with Crippen LogP contribution in [0.5, 0.6) is 0 Å². The Labute approximate surface area is 80.1 Å². The molecule has 0 aromatic rings. The molecule has 3 N–H and O–H groups in total. The lowest BCUT2D eigenvalue weighted by molar-refractivity contribution is -0.126. The molecule has 1 aliphatic rings. The van der Waals surface area contributed by atoms with Gasteiger partial charge in [0.05, 0.1) is 5.92 Å². The van der Waals surface area contributed by atoms with Gasteiger partial charge in [0.25, 0.3) is 0 Å². The standard InChI is InChI=1S/C10H20N2O/c1-7(2)12-10(13)8-5-3-4-6-9(8)11/h7-9H,3-6,11H2,1-2H3,(H,12,13). The predicted molar refractivity (Wildman–Crippen MR) is 53.2 cm³/mol. The van der Waals surface area contributed by atoms with Gasteiger partial charge in [-0.3, -0.25) is 4.79 Å². The fraction of sp³-hybridized carbons (Fsp3) is 0.900. The fourth-order valence-electron chi connectivity index (χ4n) is 1.88. The Morgan fingerprint density at radius 3 is 2.54 bits per heavy atom. The van der Waals surface area contributed by atoms with E-state index in [4.69, 9.17) is 5.73 Å². The number of carbonyl (C=O) groups is 1. The summed E-state index contributed by atoms with van der Waals surface area (Å²) in [6.45, 7) is 3.96. The molecule has 76 valence electrons. The van der Waals surface area contributed by atoms with Crippen molar-refractivity contribution >= 4 is 5.91 Å². The van der Waals surface area contributed by atoms with Crippen LogP contribution in [-0.4, -0.2) is 18.0 Å². The molecule has 0 bridgehead atoms. The van der Waals surface area contributed by atoms with Gasteiger partial charge in [-0.2, -0.15) is 0 Å². The molecule has 1 aliphatic carbocycles. The van der Waals surface area contributed by atoms with E-state index >= 15 is 0 Å². The van der Waals surface area contributed by atoms with E-state index in [0.717, 1.165) is 19.3 Å². The maximum absolute atomic E-state index is 11.6. The van der Waals surface area contributed by atoms with Crippen LogP contribution in [0, 0.1) is 5.92 Å². The van der Waals surface area contributed by atoms with Crippen molar-refractivity contribution in [2.75, 3.05) is 0 Å². The lowest BCUT2D eigenvalue weighted by Crippen LogP contribution is -2.45. The van der Waals surface area contributed by atoms with Gasteiger partial charge in [0.2, 0.25) is 5.91 Å². The molecule has 2 atom stereocenters. The summed E-state index contributed by atoms with van der Waals surface area (Å²) in [6, 6.07) is 0.300. The largest absolute Gasteiger partial charge is 0.354 e. The minimum absolute atomic E-state index is 0.0520. The van der Waals surface area contributed by atoms with Gasteiger partial charge in [-0.15, -0.1) is 0 Å². The molecule has 0 spiro atoms. The quantitative estimate of drug-likeness (QED) is 0.673. The first-order valence-electron chi connectivity index (χ1n) is 5.17. The molecule has 0 aromatic carbocycles. The van der Waals surface area contributed by atoms with Crippen molar-refractivity contribution in [2.24, 2.45) is 11.7 Å². The van der Waals surface area contributed by atoms with Gasteiger partial charge in [0, 0.05) is 12.1 Å². The van der Waals surface area contributed by atoms with E-state index in [0.29, 0.717) is 0 Å². The number of nitrogens with one attached hydrogen (secondary N) is 1. The van der Waals surface area contributed by atoms with E-state index in [1.165, 1.54) is 6.42 Å². The third-order valence-electron chi connectivity index (χ3n) is 2.59. The highest BCUT2D eigenvalue weighted by Crippen LogP contribution is 2.22. The Hall–Kier alpha value is -0.570. The lowest BCUT2D eigenvalue weighted by atomic mass is 9.84. The van der Waals surface area contributed by atoms with Crippen LogP contribution in [0.3, 0.4) is 0 Å². The summed E-state index contributed by atoms with van der Waals surface area (Å²) in [4.78, 5) is 11.6. The molecular formula is C10H20N2O. The third-order valence-corrected chi connectivity index (χ3v) is 2.59. The molecule has 0 aliphatic heterocycles. The van der Waals surface area contributed by atoms with Crippen molar-refractivity contribution in [3.8, 4) is 0 Å². The topological polar surface area (TPSA) is 55.1 Å². The van der Waals surface area contributed by atoms with Crippen LogP contribution in [0.4, 0.5) is 0 Å². The summed E-state index contributed by atoms with van der Waals surface area (Å²) < 4.78 is 0. The molecule has 1 saturated carbocycles. The molecule has 3 heteroatoms. The number of hydrogen-bond acceptors (Lipinski definition) is 2. The molecular weight excluding hydrogens is 164 g/mol. The normalized spacial score (nSPS) is 28.9. The second kappa shape index (κ2) is 4.61. The van der Waals surface area contributed by atoms with Crippen LogP contribution in [0.15, 0.2) is 0 Å². The monoisotopic (exact) mass is 184 g/mol. The summed E-state index contributed by atoms with van der Waals surface area (Å²) >= 11 is 0.